The van der Waals surface area contributed by atoms with E-state index in [9.17, 15) is 5.11 Å². The molecule has 1 aromatic carbocycles. The molecule has 0 saturated heterocycles. The van der Waals surface area contributed by atoms with Crippen molar-refractivity contribution in [1.82, 2.24) is 0 Å². The molecule has 2 rings (SSSR count). The molecule has 0 spiro atoms. The molecule has 1 aromatic rings. The maximum Gasteiger partial charge on any atom is 0.119 e. The van der Waals surface area contributed by atoms with Crippen molar-refractivity contribution in [3.8, 4) is 5.75 Å². The highest BCUT2D eigenvalue weighted by Crippen LogP contribution is 2.54. The van der Waals surface area contributed by atoms with E-state index in [-0.39, 0.29) is 11.5 Å². The average molecular weight is 220 g/mol. The van der Waals surface area contributed by atoms with Gasteiger partial charge >= 0.3 is 0 Å². The Balaban J connectivity index is 2.01. The third-order valence-electron chi connectivity index (χ3n) is 3.37. The highest BCUT2D eigenvalue weighted by Gasteiger charge is 2.44. The normalized spacial score (nSPS) is 19.2. The molecule has 1 saturated carbocycles. The van der Waals surface area contributed by atoms with Crippen LogP contribution in [0.15, 0.2) is 24.3 Å². The number of hydrogen-bond acceptors (Lipinski definition) is 2. The topological polar surface area (TPSA) is 29.5 Å². The number of benzene rings is 1. The predicted octanol–water partition coefficient (Wildman–Crippen LogP) is 3.31. The molecule has 0 heterocycles. The molecule has 1 aliphatic carbocycles. The second kappa shape index (κ2) is 4.46. The van der Waals surface area contributed by atoms with E-state index in [4.69, 9.17) is 4.74 Å². The van der Waals surface area contributed by atoms with E-state index in [2.05, 4.69) is 13.8 Å². The fourth-order valence-electron chi connectivity index (χ4n) is 1.84. The molecule has 0 aromatic heterocycles. The van der Waals surface area contributed by atoms with Gasteiger partial charge in [-0.25, -0.2) is 0 Å². The number of hydrogen-bond donors (Lipinski definition) is 1. The van der Waals surface area contributed by atoms with Gasteiger partial charge in [-0.1, -0.05) is 26.0 Å². The molecule has 1 fully saturated rings. The van der Waals surface area contributed by atoms with Crippen LogP contribution in [0.25, 0.3) is 0 Å². The van der Waals surface area contributed by atoms with E-state index in [0.29, 0.717) is 0 Å². The van der Waals surface area contributed by atoms with Gasteiger partial charge in [0.05, 0.1) is 12.7 Å². The number of ether oxygens (including phenoxy) is 1. The van der Waals surface area contributed by atoms with Crippen LogP contribution in [0.1, 0.15) is 44.8 Å². The van der Waals surface area contributed by atoms with Crippen LogP contribution in [0.3, 0.4) is 0 Å². The molecule has 1 unspecified atom stereocenters. The summed E-state index contributed by atoms with van der Waals surface area (Å²) in [5.74, 6) is 0.888. The zero-order valence-corrected chi connectivity index (χ0v) is 10.1. The van der Waals surface area contributed by atoms with Crippen LogP contribution in [0.5, 0.6) is 5.75 Å². The van der Waals surface area contributed by atoms with Gasteiger partial charge in [0.15, 0.2) is 0 Å². The molecule has 1 atom stereocenters. The standard InChI is InChI=1S/C14H20O2/c1-3-10-16-12-6-4-11(5-7-12)13(15)14(2)8-9-14/h4-7,13,15H,3,8-10H2,1-2H3. The van der Waals surface area contributed by atoms with Gasteiger partial charge in [0, 0.05) is 0 Å². The van der Waals surface area contributed by atoms with Crippen LogP contribution in [0.2, 0.25) is 0 Å². The second-order valence-corrected chi connectivity index (χ2v) is 4.97. The molecule has 1 aliphatic rings. The Morgan fingerprint density at radius 1 is 1.31 bits per heavy atom. The molecule has 0 bridgehead atoms. The van der Waals surface area contributed by atoms with Crippen molar-refractivity contribution in [1.29, 1.82) is 0 Å². The Bertz CT molecular complexity index is 338. The Morgan fingerprint density at radius 2 is 1.94 bits per heavy atom. The molecule has 1 N–H and O–H groups in total. The molecule has 0 amide bonds. The minimum atomic E-state index is -0.326. The van der Waals surface area contributed by atoms with Gasteiger partial charge in [0.25, 0.3) is 0 Å². The smallest absolute Gasteiger partial charge is 0.119 e. The van der Waals surface area contributed by atoms with Crippen LogP contribution >= 0.6 is 0 Å². The first kappa shape index (κ1) is 11.5. The summed E-state index contributed by atoms with van der Waals surface area (Å²) in [7, 11) is 0. The summed E-state index contributed by atoms with van der Waals surface area (Å²) in [4.78, 5) is 0. The summed E-state index contributed by atoms with van der Waals surface area (Å²) in [5.41, 5.74) is 1.12. The molecule has 2 nitrogen and oxygen atoms in total. The van der Waals surface area contributed by atoms with Gasteiger partial charge in [0.2, 0.25) is 0 Å². The summed E-state index contributed by atoms with van der Waals surface area (Å²) in [6.07, 6.45) is 2.94. The summed E-state index contributed by atoms with van der Waals surface area (Å²) in [5, 5.41) is 10.1. The Labute approximate surface area is 97.3 Å². The average Bonchev–Trinajstić information content (AvgIpc) is 3.06. The van der Waals surface area contributed by atoms with E-state index < -0.39 is 0 Å². The van der Waals surface area contributed by atoms with Crippen molar-refractivity contribution in [2.24, 2.45) is 5.41 Å². The van der Waals surface area contributed by atoms with Crippen molar-refractivity contribution in [3.05, 3.63) is 29.8 Å². The van der Waals surface area contributed by atoms with E-state index >= 15 is 0 Å². The summed E-state index contributed by atoms with van der Waals surface area (Å²) < 4.78 is 5.51. The summed E-state index contributed by atoms with van der Waals surface area (Å²) >= 11 is 0. The minimum absolute atomic E-state index is 0.117. The molecule has 0 radical (unpaired) electrons. The lowest BCUT2D eigenvalue weighted by atomic mass is 9.95. The molecular formula is C14H20O2. The van der Waals surface area contributed by atoms with Crippen LogP contribution < -0.4 is 4.74 Å². The predicted molar refractivity (Wildman–Crippen MR) is 64.5 cm³/mol. The summed E-state index contributed by atoms with van der Waals surface area (Å²) in [6.45, 7) is 4.98. The fourth-order valence-corrected chi connectivity index (χ4v) is 1.84. The quantitative estimate of drug-likeness (QED) is 0.825. The molecule has 16 heavy (non-hydrogen) atoms. The first-order valence-corrected chi connectivity index (χ1v) is 6.06. The Hall–Kier alpha value is -1.02. The van der Waals surface area contributed by atoms with Crippen molar-refractivity contribution in [2.45, 2.75) is 39.2 Å². The largest absolute Gasteiger partial charge is 0.494 e. The first-order valence-electron chi connectivity index (χ1n) is 6.06. The Kier molecular flexibility index (Phi) is 3.20. The van der Waals surface area contributed by atoms with Crippen LogP contribution in [0, 0.1) is 5.41 Å². The van der Waals surface area contributed by atoms with Crippen LogP contribution in [-0.4, -0.2) is 11.7 Å². The van der Waals surface area contributed by atoms with Gasteiger partial charge in [-0.2, -0.15) is 0 Å². The highest BCUT2D eigenvalue weighted by atomic mass is 16.5. The Morgan fingerprint density at radius 3 is 2.44 bits per heavy atom. The monoisotopic (exact) mass is 220 g/mol. The number of rotatable bonds is 5. The van der Waals surface area contributed by atoms with Crippen molar-refractivity contribution < 1.29 is 9.84 Å². The lowest BCUT2D eigenvalue weighted by molar-refractivity contribution is 0.103. The van der Waals surface area contributed by atoms with Crippen molar-refractivity contribution in [3.63, 3.8) is 0 Å². The van der Waals surface area contributed by atoms with E-state index in [0.717, 1.165) is 37.2 Å². The van der Waals surface area contributed by atoms with Gasteiger partial charge in [-0.15, -0.1) is 0 Å². The van der Waals surface area contributed by atoms with E-state index in [1.807, 2.05) is 24.3 Å². The highest BCUT2D eigenvalue weighted by molar-refractivity contribution is 5.30. The fraction of sp³-hybridized carbons (Fsp3) is 0.571. The maximum atomic E-state index is 10.1. The first-order chi connectivity index (χ1) is 7.65. The minimum Gasteiger partial charge on any atom is -0.494 e. The van der Waals surface area contributed by atoms with Crippen LogP contribution in [-0.2, 0) is 0 Å². The zero-order valence-electron chi connectivity index (χ0n) is 10.1. The third kappa shape index (κ3) is 2.38. The van der Waals surface area contributed by atoms with Crippen LogP contribution in [0.4, 0.5) is 0 Å². The summed E-state index contributed by atoms with van der Waals surface area (Å²) in [6, 6.07) is 7.83. The second-order valence-electron chi connectivity index (χ2n) is 4.97. The maximum absolute atomic E-state index is 10.1. The molecule has 88 valence electrons. The lowest BCUT2D eigenvalue weighted by Crippen LogP contribution is -2.09. The van der Waals surface area contributed by atoms with E-state index in [1.54, 1.807) is 0 Å². The lowest BCUT2D eigenvalue weighted by Gasteiger charge is -2.18. The molecule has 0 aliphatic heterocycles. The number of aliphatic hydroxyl groups excluding tert-OH is 1. The van der Waals surface area contributed by atoms with Crippen molar-refractivity contribution >= 4 is 0 Å². The van der Waals surface area contributed by atoms with Gasteiger partial charge < -0.3 is 9.84 Å². The SMILES string of the molecule is CCCOc1ccc(C(O)C2(C)CC2)cc1. The molecule has 2 heteroatoms. The van der Waals surface area contributed by atoms with E-state index in [1.165, 1.54) is 0 Å². The molecular weight excluding hydrogens is 200 g/mol. The van der Waals surface area contributed by atoms with Gasteiger partial charge in [0.1, 0.15) is 5.75 Å². The third-order valence-corrected chi connectivity index (χ3v) is 3.37. The van der Waals surface area contributed by atoms with Crippen molar-refractivity contribution in [2.75, 3.05) is 6.61 Å². The van der Waals surface area contributed by atoms with Gasteiger partial charge in [-0.3, -0.25) is 0 Å². The van der Waals surface area contributed by atoms with Gasteiger partial charge in [-0.05, 0) is 42.4 Å². The zero-order chi connectivity index (χ0) is 11.6. The number of aliphatic hydroxyl groups is 1.